The van der Waals surface area contributed by atoms with Gasteiger partial charge >= 0.3 is 0 Å². The summed E-state index contributed by atoms with van der Waals surface area (Å²) in [6.45, 7) is 5.68. The van der Waals surface area contributed by atoms with Gasteiger partial charge in [0.1, 0.15) is 5.52 Å². The van der Waals surface area contributed by atoms with E-state index >= 15 is 0 Å². The lowest BCUT2D eigenvalue weighted by Crippen LogP contribution is -2.32. The van der Waals surface area contributed by atoms with Gasteiger partial charge in [0.25, 0.3) is 5.91 Å². The molecule has 32 heavy (non-hydrogen) atoms. The third-order valence-corrected chi connectivity index (χ3v) is 5.88. The van der Waals surface area contributed by atoms with Crippen LogP contribution in [-0.4, -0.2) is 54.8 Å². The zero-order valence-electron chi connectivity index (χ0n) is 17.9. The predicted molar refractivity (Wildman–Crippen MR) is 120 cm³/mol. The molecule has 164 valence electrons. The number of nitrogen functional groups attached to an aromatic ring is 1. The number of carbonyl (C=O) groups excluding carboxylic acids is 1. The first-order valence-electron chi connectivity index (χ1n) is 10.6. The van der Waals surface area contributed by atoms with Crippen molar-refractivity contribution in [2.75, 3.05) is 18.8 Å². The molecule has 0 aliphatic carbocycles. The number of nitrogens with zero attached hydrogens (tertiary/aromatic N) is 6. The maximum atomic E-state index is 13.4. The van der Waals surface area contributed by atoms with Crippen molar-refractivity contribution in [3.05, 3.63) is 41.6 Å². The van der Waals surface area contributed by atoms with Crippen LogP contribution in [-0.2, 0) is 6.54 Å². The number of likely N-dealkylation sites (tertiary alicyclic amines) is 1. The number of hydrogen-bond acceptors (Lipinski definition) is 8. The van der Waals surface area contributed by atoms with Crippen LogP contribution in [0.4, 0.5) is 5.82 Å². The number of carbonyl (C=O) groups is 1. The minimum Gasteiger partial charge on any atom is -0.379 e. The molecule has 0 spiro atoms. The Labute approximate surface area is 184 Å². The van der Waals surface area contributed by atoms with Crippen molar-refractivity contribution in [3.63, 3.8) is 0 Å². The lowest BCUT2D eigenvalue weighted by Gasteiger charge is -2.17. The Bertz CT molecular complexity index is 1310. The van der Waals surface area contributed by atoms with Crippen molar-refractivity contribution in [2.24, 2.45) is 5.73 Å². The van der Waals surface area contributed by atoms with Gasteiger partial charge in [0.2, 0.25) is 0 Å². The molecule has 3 aromatic heterocycles. The summed E-state index contributed by atoms with van der Waals surface area (Å²) in [7, 11) is 0. The highest BCUT2D eigenvalue weighted by Gasteiger charge is 2.30. The SMILES string of the molecule is CCn1c(-c2nonc2N)nc2c(-c3ccc(C)cc3)ncc(C(=O)N3CCC(N)C3)c21. The van der Waals surface area contributed by atoms with Crippen LogP contribution >= 0.6 is 0 Å². The molecule has 4 N–H and O–H groups in total. The number of hydrogen-bond donors (Lipinski definition) is 2. The normalized spacial score (nSPS) is 16.2. The second-order valence-electron chi connectivity index (χ2n) is 8.06. The van der Waals surface area contributed by atoms with Crippen LogP contribution in [0, 0.1) is 6.92 Å². The van der Waals surface area contributed by atoms with Gasteiger partial charge in [-0.3, -0.25) is 9.78 Å². The third-order valence-electron chi connectivity index (χ3n) is 5.88. The second-order valence-corrected chi connectivity index (χ2v) is 8.06. The molecule has 1 aliphatic heterocycles. The molecule has 1 aromatic carbocycles. The van der Waals surface area contributed by atoms with Crippen molar-refractivity contribution in [3.8, 4) is 22.8 Å². The van der Waals surface area contributed by atoms with E-state index in [1.54, 1.807) is 11.1 Å². The van der Waals surface area contributed by atoms with Crippen LogP contribution in [0.1, 0.15) is 29.3 Å². The molecule has 1 saturated heterocycles. The van der Waals surface area contributed by atoms with Gasteiger partial charge in [-0.25, -0.2) is 9.61 Å². The van der Waals surface area contributed by atoms with Crippen LogP contribution in [0.2, 0.25) is 0 Å². The molecule has 1 aliphatic rings. The number of benzene rings is 1. The Morgan fingerprint density at radius 2 is 2.00 bits per heavy atom. The van der Waals surface area contributed by atoms with Crippen molar-refractivity contribution in [1.82, 2.24) is 29.7 Å². The summed E-state index contributed by atoms with van der Waals surface area (Å²) in [6, 6.07) is 8.01. The molecule has 1 unspecified atom stereocenters. The van der Waals surface area contributed by atoms with Gasteiger partial charge in [0.05, 0.1) is 16.8 Å². The van der Waals surface area contributed by atoms with E-state index in [1.807, 2.05) is 42.7 Å². The Morgan fingerprint density at radius 1 is 1.22 bits per heavy atom. The van der Waals surface area contributed by atoms with Crippen molar-refractivity contribution < 1.29 is 9.42 Å². The van der Waals surface area contributed by atoms with Crippen LogP contribution in [0.3, 0.4) is 0 Å². The first-order valence-corrected chi connectivity index (χ1v) is 10.6. The van der Waals surface area contributed by atoms with Crippen LogP contribution < -0.4 is 11.5 Å². The highest BCUT2D eigenvalue weighted by molar-refractivity contribution is 6.08. The summed E-state index contributed by atoms with van der Waals surface area (Å²) in [4.78, 5) is 24.7. The van der Waals surface area contributed by atoms with E-state index in [2.05, 4.69) is 15.3 Å². The van der Waals surface area contributed by atoms with Crippen molar-refractivity contribution in [2.45, 2.75) is 32.9 Å². The zero-order valence-corrected chi connectivity index (χ0v) is 17.9. The lowest BCUT2D eigenvalue weighted by molar-refractivity contribution is 0.0792. The number of amides is 1. The average Bonchev–Trinajstić information content (AvgIpc) is 3.51. The molecule has 0 radical (unpaired) electrons. The molecule has 4 aromatic rings. The number of aryl methyl sites for hydroxylation is 2. The van der Waals surface area contributed by atoms with Gasteiger partial charge in [-0.2, -0.15) is 0 Å². The smallest absolute Gasteiger partial charge is 0.257 e. The van der Waals surface area contributed by atoms with Crippen LogP contribution in [0.25, 0.3) is 33.8 Å². The average molecular weight is 432 g/mol. The van der Waals surface area contributed by atoms with E-state index in [0.29, 0.717) is 53.4 Å². The quantitative estimate of drug-likeness (QED) is 0.500. The van der Waals surface area contributed by atoms with E-state index in [1.165, 1.54) is 0 Å². The van der Waals surface area contributed by atoms with Gasteiger partial charge in [-0.15, -0.1) is 0 Å². The maximum absolute atomic E-state index is 13.4. The molecule has 10 heteroatoms. The molecule has 10 nitrogen and oxygen atoms in total. The fraction of sp³-hybridized carbons (Fsp3) is 0.318. The van der Waals surface area contributed by atoms with E-state index in [4.69, 9.17) is 21.1 Å². The standard InChI is InChI=1S/C22H24N8O2/c1-3-30-19-15(22(31)29-9-8-14(23)11-29)10-25-16(13-6-4-12(2)5-7-13)17(19)26-21(30)18-20(24)28-32-27-18/h4-7,10,14H,3,8-9,11,23H2,1-2H3,(H2,24,28). The van der Waals surface area contributed by atoms with Crippen LogP contribution in [0.5, 0.6) is 0 Å². The monoisotopic (exact) mass is 432 g/mol. The first-order chi connectivity index (χ1) is 15.5. The summed E-state index contributed by atoms with van der Waals surface area (Å²) in [6.07, 6.45) is 2.41. The minimum absolute atomic E-state index is 0.0121. The first kappa shape index (κ1) is 20.1. The Morgan fingerprint density at radius 3 is 2.62 bits per heavy atom. The number of anilines is 1. The third kappa shape index (κ3) is 3.19. The molecular formula is C22H24N8O2. The minimum atomic E-state index is -0.113. The number of pyridine rings is 1. The largest absolute Gasteiger partial charge is 0.379 e. The summed E-state index contributed by atoms with van der Waals surface area (Å²) in [5.74, 6) is 0.506. The lowest BCUT2D eigenvalue weighted by atomic mass is 10.1. The Kier molecular flexibility index (Phi) is 4.86. The topological polar surface area (TPSA) is 142 Å². The van der Waals surface area contributed by atoms with Gasteiger partial charge in [0, 0.05) is 37.4 Å². The van der Waals surface area contributed by atoms with Crippen molar-refractivity contribution in [1.29, 1.82) is 0 Å². The van der Waals surface area contributed by atoms with E-state index in [9.17, 15) is 4.79 Å². The van der Waals surface area contributed by atoms with Crippen LogP contribution in [0.15, 0.2) is 35.1 Å². The van der Waals surface area contributed by atoms with Gasteiger partial charge in [-0.1, -0.05) is 29.8 Å². The fourth-order valence-corrected chi connectivity index (χ4v) is 4.20. The number of imidazole rings is 1. The summed E-state index contributed by atoms with van der Waals surface area (Å²) >= 11 is 0. The van der Waals surface area contributed by atoms with Gasteiger partial charge < -0.3 is 20.9 Å². The second kappa shape index (κ2) is 7.72. The summed E-state index contributed by atoms with van der Waals surface area (Å²) in [5.41, 5.74) is 16.8. The number of fused-ring (bicyclic) bond motifs is 1. The van der Waals surface area contributed by atoms with Gasteiger partial charge in [-0.05, 0) is 30.6 Å². The molecule has 1 fully saturated rings. The summed E-state index contributed by atoms with van der Waals surface area (Å²) < 4.78 is 6.72. The number of nitrogens with two attached hydrogens (primary N) is 2. The van der Waals surface area contributed by atoms with E-state index in [0.717, 1.165) is 17.5 Å². The highest BCUT2D eigenvalue weighted by atomic mass is 16.6. The van der Waals surface area contributed by atoms with E-state index < -0.39 is 0 Å². The summed E-state index contributed by atoms with van der Waals surface area (Å²) in [5, 5.41) is 7.63. The molecule has 0 saturated carbocycles. The molecule has 1 amide bonds. The maximum Gasteiger partial charge on any atom is 0.257 e. The van der Waals surface area contributed by atoms with Gasteiger partial charge in [0.15, 0.2) is 17.3 Å². The zero-order chi connectivity index (χ0) is 22.4. The molecule has 0 bridgehead atoms. The molecule has 4 heterocycles. The molecule has 5 rings (SSSR count). The Balaban J connectivity index is 1.77. The van der Waals surface area contributed by atoms with Crippen molar-refractivity contribution >= 4 is 22.8 Å². The highest BCUT2D eigenvalue weighted by Crippen LogP contribution is 2.34. The predicted octanol–water partition coefficient (Wildman–Crippen LogP) is 2.23. The molecular weight excluding hydrogens is 408 g/mol. The number of rotatable bonds is 4. The molecule has 1 atom stereocenters. The Hall–Kier alpha value is -3.79. The number of aromatic nitrogens is 5. The van der Waals surface area contributed by atoms with E-state index in [-0.39, 0.29) is 17.8 Å². The fourth-order valence-electron chi connectivity index (χ4n) is 4.20.